The van der Waals surface area contributed by atoms with Crippen LogP contribution >= 0.6 is 11.6 Å². The number of rotatable bonds is 4. The molecular formula is C22H26ClN3O3S. The highest BCUT2D eigenvalue weighted by molar-refractivity contribution is 7.79. The highest BCUT2D eigenvalue weighted by Gasteiger charge is 2.31. The highest BCUT2D eigenvalue weighted by atomic mass is 35.5. The third-order valence-corrected chi connectivity index (χ3v) is 6.93. The van der Waals surface area contributed by atoms with Gasteiger partial charge in [-0.15, -0.1) is 0 Å². The topological polar surface area (TPSA) is 64.1 Å². The maximum absolute atomic E-state index is 13.2. The average molecular weight is 448 g/mol. The zero-order chi connectivity index (χ0) is 21.3. The molecule has 160 valence electrons. The summed E-state index contributed by atoms with van der Waals surface area (Å²) in [6.07, 6.45) is 2.02. The second-order valence-electron chi connectivity index (χ2n) is 7.80. The van der Waals surface area contributed by atoms with Crippen LogP contribution in [0.15, 0.2) is 47.4 Å². The van der Waals surface area contributed by atoms with E-state index in [1.807, 2.05) is 42.2 Å². The minimum Gasteiger partial charge on any atom is -0.368 e. The van der Waals surface area contributed by atoms with Crippen LogP contribution in [0.3, 0.4) is 0 Å². The molecule has 6 nitrogen and oxygen atoms in total. The molecule has 2 heterocycles. The van der Waals surface area contributed by atoms with Crippen molar-refractivity contribution >= 4 is 40.0 Å². The zero-order valence-electron chi connectivity index (χ0n) is 17.0. The molecule has 1 saturated heterocycles. The number of halogens is 1. The Bertz CT molecular complexity index is 945. The predicted molar refractivity (Wildman–Crippen MR) is 121 cm³/mol. The van der Waals surface area contributed by atoms with Crippen LogP contribution in [0.5, 0.6) is 0 Å². The fourth-order valence-electron chi connectivity index (χ4n) is 4.35. The highest BCUT2D eigenvalue weighted by Crippen LogP contribution is 2.31. The van der Waals surface area contributed by atoms with E-state index < -0.39 is 11.1 Å². The Morgan fingerprint density at radius 3 is 2.43 bits per heavy atom. The summed E-state index contributed by atoms with van der Waals surface area (Å²) in [5.74, 6) is 0.156. The first kappa shape index (κ1) is 21.2. The van der Waals surface area contributed by atoms with Gasteiger partial charge in [0.15, 0.2) is 11.1 Å². The Morgan fingerprint density at radius 1 is 1.07 bits per heavy atom. The van der Waals surface area contributed by atoms with Crippen molar-refractivity contribution in [1.29, 1.82) is 0 Å². The van der Waals surface area contributed by atoms with Crippen LogP contribution in [0, 0.1) is 0 Å². The van der Waals surface area contributed by atoms with Gasteiger partial charge in [-0.3, -0.25) is 4.79 Å². The lowest BCUT2D eigenvalue weighted by Crippen LogP contribution is -2.55. The molecule has 0 radical (unpaired) electrons. The lowest BCUT2D eigenvalue weighted by Gasteiger charge is -2.41. The number of carbonyl (C=O) groups excluding carboxylic acids is 1. The van der Waals surface area contributed by atoms with Crippen molar-refractivity contribution in [2.75, 3.05) is 42.5 Å². The van der Waals surface area contributed by atoms with E-state index >= 15 is 0 Å². The standard InChI is InChI=1S/C22H26ClN3O3S/c1-16(26-10-2-3-17-15-18(23)4-9-21(17)26)22(27)25-13-11-24(12-14-25)19-5-7-20(8-6-19)30(28)29/h4-9,15-16H,2-3,10-14H2,1H3,(H,28,29)/t16-/m1/s1. The van der Waals surface area contributed by atoms with Gasteiger partial charge in [0.25, 0.3) is 0 Å². The summed E-state index contributed by atoms with van der Waals surface area (Å²) in [5, 5.41) is 0.740. The molecule has 1 N–H and O–H groups in total. The van der Waals surface area contributed by atoms with Crippen molar-refractivity contribution in [2.24, 2.45) is 0 Å². The largest absolute Gasteiger partial charge is 0.368 e. The molecule has 4 rings (SSSR count). The second kappa shape index (κ2) is 8.96. The Hall–Kier alpha value is -2.09. The molecule has 0 saturated carbocycles. The molecule has 0 aliphatic carbocycles. The van der Waals surface area contributed by atoms with Crippen LogP contribution < -0.4 is 9.80 Å². The lowest BCUT2D eigenvalue weighted by molar-refractivity contribution is -0.132. The Morgan fingerprint density at radius 2 is 1.77 bits per heavy atom. The molecule has 1 fully saturated rings. The van der Waals surface area contributed by atoms with E-state index in [-0.39, 0.29) is 11.9 Å². The van der Waals surface area contributed by atoms with Gasteiger partial charge in [0.2, 0.25) is 5.91 Å². The number of amides is 1. The van der Waals surface area contributed by atoms with Gasteiger partial charge in [0, 0.05) is 49.1 Å². The van der Waals surface area contributed by atoms with Gasteiger partial charge in [-0.25, -0.2) is 4.21 Å². The van der Waals surface area contributed by atoms with Crippen molar-refractivity contribution in [2.45, 2.75) is 30.7 Å². The van der Waals surface area contributed by atoms with E-state index in [0.717, 1.165) is 48.9 Å². The fraction of sp³-hybridized carbons (Fsp3) is 0.409. The van der Waals surface area contributed by atoms with Crippen molar-refractivity contribution in [3.63, 3.8) is 0 Å². The van der Waals surface area contributed by atoms with Crippen molar-refractivity contribution < 1.29 is 13.6 Å². The summed E-state index contributed by atoms with van der Waals surface area (Å²) in [5.41, 5.74) is 3.34. The van der Waals surface area contributed by atoms with Gasteiger partial charge >= 0.3 is 0 Å². The average Bonchev–Trinajstić information content (AvgIpc) is 2.77. The first-order valence-electron chi connectivity index (χ1n) is 10.2. The minimum atomic E-state index is -1.96. The van der Waals surface area contributed by atoms with Gasteiger partial charge in [-0.05, 0) is 67.8 Å². The third kappa shape index (κ3) is 4.33. The normalized spacial score (nSPS) is 18.7. The molecule has 0 spiro atoms. The van der Waals surface area contributed by atoms with E-state index in [4.69, 9.17) is 16.2 Å². The monoisotopic (exact) mass is 447 g/mol. The maximum atomic E-state index is 13.2. The zero-order valence-corrected chi connectivity index (χ0v) is 18.5. The van der Waals surface area contributed by atoms with E-state index in [1.165, 1.54) is 5.56 Å². The Labute approximate surface area is 184 Å². The lowest BCUT2D eigenvalue weighted by atomic mass is 10.00. The molecular weight excluding hydrogens is 422 g/mol. The molecule has 2 aromatic rings. The summed E-state index contributed by atoms with van der Waals surface area (Å²) in [7, 11) is 0. The van der Waals surface area contributed by atoms with Crippen LogP contribution in [0.4, 0.5) is 11.4 Å². The van der Waals surface area contributed by atoms with Crippen molar-refractivity contribution in [3.05, 3.63) is 53.1 Å². The smallest absolute Gasteiger partial charge is 0.245 e. The maximum Gasteiger partial charge on any atom is 0.245 e. The van der Waals surface area contributed by atoms with Crippen molar-refractivity contribution in [1.82, 2.24) is 4.90 Å². The first-order chi connectivity index (χ1) is 14.4. The minimum absolute atomic E-state index is 0.156. The Balaban J connectivity index is 1.39. The van der Waals surface area contributed by atoms with E-state index in [2.05, 4.69) is 9.80 Å². The van der Waals surface area contributed by atoms with E-state index in [1.54, 1.807) is 12.1 Å². The number of hydrogen-bond donors (Lipinski definition) is 1. The number of nitrogens with zero attached hydrogens (tertiary/aromatic N) is 3. The van der Waals surface area contributed by atoms with E-state index in [0.29, 0.717) is 18.0 Å². The molecule has 0 aromatic heterocycles. The molecule has 30 heavy (non-hydrogen) atoms. The summed E-state index contributed by atoms with van der Waals surface area (Å²) >= 11 is 4.19. The second-order valence-corrected chi connectivity index (χ2v) is 9.21. The summed E-state index contributed by atoms with van der Waals surface area (Å²) < 4.78 is 20.3. The molecule has 2 atom stereocenters. The number of aryl methyl sites for hydroxylation is 1. The number of benzene rings is 2. The Kier molecular flexibility index (Phi) is 6.32. The molecule has 2 aliphatic rings. The van der Waals surface area contributed by atoms with Gasteiger partial charge in [-0.2, -0.15) is 0 Å². The number of anilines is 2. The SMILES string of the molecule is C[C@H](C(=O)N1CCN(c2ccc(S(=O)O)cc2)CC1)N1CCCc2cc(Cl)ccc21. The molecule has 2 aromatic carbocycles. The fourth-order valence-corrected chi connectivity index (χ4v) is 4.92. The molecule has 8 heteroatoms. The molecule has 0 bridgehead atoms. The molecule has 1 amide bonds. The van der Waals surface area contributed by atoms with Gasteiger partial charge in [0.1, 0.15) is 6.04 Å². The van der Waals surface area contributed by atoms with Crippen LogP contribution in [-0.4, -0.2) is 58.3 Å². The summed E-state index contributed by atoms with van der Waals surface area (Å²) in [6, 6.07) is 12.8. The van der Waals surface area contributed by atoms with Gasteiger partial charge < -0.3 is 19.3 Å². The summed E-state index contributed by atoms with van der Waals surface area (Å²) in [6.45, 7) is 5.68. The van der Waals surface area contributed by atoms with E-state index in [9.17, 15) is 9.00 Å². The quantitative estimate of drug-likeness (QED) is 0.727. The van der Waals surface area contributed by atoms with Gasteiger partial charge in [-0.1, -0.05) is 11.6 Å². The number of carbonyl (C=O) groups is 1. The van der Waals surface area contributed by atoms with Crippen LogP contribution in [0.2, 0.25) is 5.02 Å². The number of hydrogen-bond acceptors (Lipinski definition) is 4. The first-order valence-corrected chi connectivity index (χ1v) is 11.7. The predicted octanol–water partition coefficient (Wildman–Crippen LogP) is 3.41. The molecule has 2 aliphatic heterocycles. The molecule has 1 unspecified atom stereocenters. The van der Waals surface area contributed by atoms with Gasteiger partial charge in [0.05, 0.1) is 4.90 Å². The van der Waals surface area contributed by atoms with Crippen molar-refractivity contribution in [3.8, 4) is 0 Å². The number of fused-ring (bicyclic) bond motifs is 1. The van der Waals surface area contributed by atoms with Crippen LogP contribution in [-0.2, 0) is 22.3 Å². The third-order valence-electron chi connectivity index (χ3n) is 6.02. The number of piperazine rings is 1. The van der Waals surface area contributed by atoms with Crippen LogP contribution in [0.25, 0.3) is 0 Å². The van der Waals surface area contributed by atoms with Crippen LogP contribution in [0.1, 0.15) is 18.9 Å². The summed E-state index contributed by atoms with van der Waals surface area (Å²) in [4.78, 5) is 20.0.